The van der Waals surface area contributed by atoms with Crippen LogP contribution in [0.15, 0.2) is 18.2 Å². The molecule has 1 aromatic carbocycles. The molecule has 20 heavy (non-hydrogen) atoms. The molecule has 1 aliphatic heterocycles. The number of carbonyl (C=O) groups excluding carboxylic acids is 1. The largest absolute Gasteiger partial charge is 0.478 e. The van der Waals surface area contributed by atoms with Crippen molar-refractivity contribution in [2.75, 3.05) is 11.4 Å². The van der Waals surface area contributed by atoms with Gasteiger partial charge in [0.05, 0.1) is 11.1 Å². The average Bonchev–Trinajstić information content (AvgIpc) is 2.79. The summed E-state index contributed by atoms with van der Waals surface area (Å²) in [5, 5.41) is 18.0. The van der Waals surface area contributed by atoms with Gasteiger partial charge in [0.15, 0.2) is 0 Å². The molecular formula is C14H11NO5. The molecular weight excluding hydrogens is 262 g/mol. The number of terminal acetylenes is 1. The number of hydrogen-bond donors (Lipinski definition) is 2. The van der Waals surface area contributed by atoms with Gasteiger partial charge in [-0.15, -0.1) is 12.3 Å². The summed E-state index contributed by atoms with van der Waals surface area (Å²) in [5.41, 5.74) is -0.126. The van der Waals surface area contributed by atoms with Crippen molar-refractivity contribution in [3.8, 4) is 12.3 Å². The van der Waals surface area contributed by atoms with Crippen LogP contribution in [0.3, 0.4) is 0 Å². The van der Waals surface area contributed by atoms with Crippen LogP contribution >= 0.6 is 0 Å². The summed E-state index contributed by atoms with van der Waals surface area (Å²) in [5.74, 6) is -0.526. The number of benzene rings is 1. The fourth-order valence-electron chi connectivity index (χ4n) is 2.08. The Morgan fingerprint density at radius 3 is 2.15 bits per heavy atom. The van der Waals surface area contributed by atoms with Gasteiger partial charge in [0.2, 0.25) is 5.91 Å². The monoisotopic (exact) mass is 273 g/mol. The van der Waals surface area contributed by atoms with E-state index in [0.717, 1.165) is 6.07 Å². The number of carboxylic acid groups (broad SMARTS) is 2. The van der Waals surface area contributed by atoms with Gasteiger partial charge in [-0.2, -0.15) is 0 Å². The molecule has 1 saturated heterocycles. The number of amides is 1. The van der Waals surface area contributed by atoms with Crippen LogP contribution in [0.2, 0.25) is 0 Å². The number of hydrogen-bond acceptors (Lipinski definition) is 3. The molecule has 2 rings (SSSR count). The molecule has 1 fully saturated rings. The predicted molar refractivity (Wildman–Crippen MR) is 69.7 cm³/mol. The van der Waals surface area contributed by atoms with E-state index in [2.05, 4.69) is 5.92 Å². The lowest BCUT2D eigenvalue weighted by Gasteiger charge is -2.17. The quantitative estimate of drug-likeness (QED) is 0.803. The molecule has 0 bridgehead atoms. The van der Waals surface area contributed by atoms with Crippen molar-refractivity contribution in [1.82, 2.24) is 0 Å². The number of carbonyl (C=O) groups is 3. The number of carboxylic acids is 2. The Balaban J connectivity index is 2.46. The molecule has 102 valence electrons. The molecule has 6 nitrogen and oxygen atoms in total. The third kappa shape index (κ3) is 2.47. The summed E-state index contributed by atoms with van der Waals surface area (Å²) in [6, 6.07) is 3.59. The Hall–Kier alpha value is -2.81. The minimum absolute atomic E-state index is 0.177. The van der Waals surface area contributed by atoms with E-state index in [1.807, 2.05) is 0 Å². The Labute approximate surface area is 114 Å². The van der Waals surface area contributed by atoms with E-state index in [-0.39, 0.29) is 41.6 Å². The van der Waals surface area contributed by atoms with Crippen LogP contribution in [-0.4, -0.2) is 34.6 Å². The highest BCUT2D eigenvalue weighted by atomic mass is 16.4. The summed E-state index contributed by atoms with van der Waals surface area (Å²) in [7, 11) is 0. The lowest BCUT2D eigenvalue weighted by atomic mass is 10.1. The fourth-order valence-corrected chi connectivity index (χ4v) is 2.08. The molecule has 1 amide bonds. The second-order valence-corrected chi connectivity index (χ2v) is 4.45. The number of nitrogens with zero attached hydrogens (tertiary/aromatic N) is 1. The van der Waals surface area contributed by atoms with Gasteiger partial charge in [-0.3, -0.25) is 4.79 Å². The van der Waals surface area contributed by atoms with Gasteiger partial charge in [-0.05, 0) is 18.2 Å². The van der Waals surface area contributed by atoms with Crippen molar-refractivity contribution in [2.45, 2.75) is 6.42 Å². The van der Waals surface area contributed by atoms with Gasteiger partial charge in [0, 0.05) is 24.6 Å². The predicted octanol–water partition coefficient (Wildman–Crippen LogP) is 1.07. The normalized spacial score (nSPS) is 17.9. The molecule has 1 heterocycles. The molecule has 1 aliphatic rings. The van der Waals surface area contributed by atoms with E-state index in [4.69, 9.17) is 16.6 Å². The van der Waals surface area contributed by atoms with Crippen molar-refractivity contribution in [1.29, 1.82) is 0 Å². The zero-order chi connectivity index (χ0) is 14.9. The van der Waals surface area contributed by atoms with Crippen molar-refractivity contribution in [3.05, 3.63) is 29.3 Å². The molecule has 2 N–H and O–H groups in total. The number of rotatable bonds is 3. The lowest BCUT2D eigenvalue weighted by Crippen LogP contribution is -2.25. The Morgan fingerprint density at radius 2 is 1.75 bits per heavy atom. The van der Waals surface area contributed by atoms with Gasteiger partial charge in [0.1, 0.15) is 0 Å². The molecule has 0 saturated carbocycles. The fraction of sp³-hybridized carbons (Fsp3) is 0.214. The van der Waals surface area contributed by atoms with Gasteiger partial charge in [0.25, 0.3) is 0 Å². The van der Waals surface area contributed by atoms with Gasteiger partial charge in [-0.1, -0.05) is 0 Å². The van der Waals surface area contributed by atoms with E-state index >= 15 is 0 Å². The molecule has 0 aliphatic carbocycles. The van der Waals surface area contributed by atoms with Gasteiger partial charge < -0.3 is 15.1 Å². The molecule has 1 aromatic rings. The molecule has 1 unspecified atom stereocenters. The highest BCUT2D eigenvalue weighted by Gasteiger charge is 2.30. The first-order chi connectivity index (χ1) is 9.42. The van der Waals surface area contributed by atoms with Crippen LogP contribution in [0.1, 0.15) is 27.1 Å². The van der Waals surface area contributed by atoms with E-state index in [9.17, 15) is 14.4 Å². The zero-order valence-electron chi connectivity index (χ0n) is 10.4. The van der Waals surface area contributed by atoms with Crippen molar-refractivity contribution in [3.63, 3.8) is 0 Å². The minimum atomic E-state index is -1.26. The van der Waals surface area contributed by atoms with Crippen LogP contribution in [0, 0.1) is 18.3 Å². The number of aromatic carboxylic acids is 2. The Kier molecular flexibility index (Phi) is 3.44. The zero-order valence-corrected chi connectivity index (χ0v) is 10.4. The first-order valence-corrected chi connectivity index (χ1v) is 5.80. The summed E-state index contributed by atoms with van der Waals surface area (Å²) in [6.07, 6.45) is 5.45. The van der Waals surface area contributed by atoms with Gasteiger partial charge in [-0.25, -0.2) is 9.59 Å². The van der Waals surface area contributed by atoms with Crippen LogP contribution in [0.25, 0.3) is 0 Å². The standard InChI is InChI=1S/C14H11NO5/c1-2-8-3-12(16)15(7-8)11-5-9(13(17)18)4-10(6-11)14(19)20/h1,4-6,8H,3,7H2,(H,17,18)(H,19,20). The van der Waals surface area contributed by atoms with Crippen molar-refractivity contribution in [2.24, 2.45) is 5.92 Å². The third-order valence-corrected chi connectivity index (χ3v) is 3.08. The molecule has 0 aromatic heterocycles. The smallest absolute Gasteiger partial charge is 0.335 e. The molecule has 6 heteroatoms. The van der Waals surface area contributed by atoms with Crippen LogP contribution in [0.5, 0.6) is 0 Å². The average molecular weight is 273 g/mol. The highest BCUT2D eigenvalue weighted by Crippen LogP contribution is 2.27. The SMILES string of the molecule is C#CC1CC(=O)N(c2cc(C(=O)O)cc(C(=O)O)c2)C1. The first kappa shape index (κ1) is 13.6. The third-order valence-electron chi connectivity index (χ3n) is 3.08. The maximum absolute atomic E-state index is 11.8. The van der Waals surface area contributed by atoms with E-state index in [1.165, 1.54) is 17.0 Å². The van der Waals surface area contributed by atoms with Crippen LogP contribution in [0.4, 0.5) is 5.69 Å². The second-order valence-electron chi connectivity index (χ2n) is 4.45. The Morgan fingerprint density at radius 1 is 1.20 bits per heavy atom. The summed E-state index contributed by atoms with van der Waals surface area (Å²) >= 11 is 0. The maximum atomic E-state index is 11.8. The van der Waals surface area contributed by atoms with Gasteiger partial charge >= 0.3 is 11.9 Å². The number of anilines is 1. The molecule has 1 atom stereocenters. The Bertz CT molecular complexity index is 611. The van der Waals surface area contributed by atoms with Crippen molar-refractivity contribution < 1.29 is 24.6 Å². The maximum Gasteiger partial charge on any atom is 0.335 e. The topological polar surface area (TPSA) is 94.9 Å². The molecule has 0 radical (unpaired) electrons. The van der Waals surface area contributed by atoms with Crippen molar-refractivity contribution >= 4 is 23.5 Å². The molecule has 0 spiro atoms. The van der Waals surface area contributed by atoms with Crippen LogP contribution in [-0.2, 0) is 4.79 Å². The second kappa shape index (κ2) is 5.05. The first-order valence-electron chi connectivity index (χ1n) is 5.80. The van der Waals surface area contributed by atoms with E-state index in [0.29, 0.717) is 0 Å². The highest BCUT2D eigenvalue weighted by molar-refractivity contribution is 6.00. The lowest BCUT2D eigenvalue weighted by molar-refractivity contribution is -0.117. The van der Waals surface area contributed by atoms with E-state index in [1.54, 1.807) is 0 Å². The summed E-state index contributed by atoms with van der Waals surface area (Å²) in [6.45, 7) is 0.261. The summed E-state index contributed by atoms with van der Waals surface area (Å²) in [4.78, 5) is 35.2. The summed E-state index contributed by atoms with van der Waals surface area (Å²) < 4.78 is 0. The van der Waals surface area contributed by atoms with Crippen LogP contribution < -0.4 is 4.90 Å². The minimum Gasteiger partial charge on any atom is -0.478 e. The van der Waals surface area contributed by atoms with E-state index < -0.39 is 11.9 Å².